The van der Waals surface area contributed by atoms with Crippen LogP contribution in [-0.4, -0.2) is 12.7 Å². The van der Waals surface area contributed by atoms with E-state index in [2.05, 4.69) is 13.5 Å². The van der Waals surface area contributed by atoms with E-state index in [4.69, 9.17) is 4.74 Å². The zero-order valence-electron chi connectivity index (χ0n) is 23.2. The normalized spacial score (nSPS) is 17.3. The smallest absolute Gasteiger partial charge is 0.166 e. The molecule has 1 heterocycles. The summed E-state index contributed by atoms with van der Waals surface area (Å²) in [5.74, 6) is -1.69. The SMILES string of the molecule is C=CCCCCc1ccc(-c2ccc(-c3ccc(C4CCC(CCCCCC)OC4)cc3F)cc2)c(F)c1F. The van der Waals surface area contributed by atoms with Crippen LogP contribution >= 0.6 is 0 Å². The van der Waals surface area contributed by atoms with Crippen molar-refractivity contribution in [3.63, 3.8) is 0 Å². The topological polar surface area (TPSA) is 9.23 Å². The fourth-order valence-corrected chi connectivity index (χ4v) is 5.55. The molecule has 3 aromatic rings. The van der Waals surface area contributed by atoms with Crippen LogP contribution in [0.1, 0.15) is 88.2 Å². The van der Waals surface area contributed by atoms with Crippen LogP contribution < -0.4 is 0 Å². The number of allylic oxidation sites excluding steroid dienone is 1. The molecule has 0 amide bonds. The molecule has 0 N–H and O–H groups in total. The molecular formula is C35H41F3O. The van der Waals surface area contributed by atoms with Gasteiger partial charge in [-0.15, -0.1) is 6.58 Å². The summed E-state index contributed by atoms with van der Waals surface area (Å²) in [6, 6.07) is 15.7. The summed E-state index contributed by atoms with van der Waals surface area (Å²) in [5, 5.41) is 0. The van der Waals surface area contributed by atoms with Gasteiger partial charge in [0.15, 0.2) is 11.6 Å². The number of rotatable bonds is 13. The van der Waals surface area contributed by atoms with E-state index in [0.29, 0.717) is 41.4 Å². The molecule has 1 aliphatic rings. The molecule has 0 saturated carbocycles. The summed E-state index contributed by atoms with van der Waals surface area (Å²) in [6.45, 7) is 6.55. The number of hydrogen-bond donors (Lipinski definition) is 0. The van der Waals surface area contributed by atoms with Gasteiger partial charge in [-0.25, -0.2) is 13.2 Å². The number of aryl methyl sites for hydroxylation is 1. The van der Waals surface area contributed by atoms with Gasteiger partial charge in [-0.1, -0.05) is 87.2 Å². The van der Waals surface area contributed by atoms with Gasteiger partial charge in [-0.3, -0.25) is 0 Å². The van der Waals surface area contributed by atoms with Crippen molar-refractivity contribution in [2.45, 2.75) is 89.6 Å². The first-order chi connectivity index (χ1) is 19.0. The first-order valence-corrected chi connectivity index (χ1v) is 14.6. The molecule has 0 spiro atoms. The second-order valence-electron chi connectivity index (χ2n) is 10.8. The molecule has 0 bridgehead atoms. The Bertz CT molecular complexity index is 1210. The molecule has 2 unspecified atom stereocenters. The van der Waals surface area contributed by atoms with Gasteiger partial charge in [0.2, 0.25) is 0 Å². The highest BCUT2D eigenvalue weighted by atomic mass is 19.2. The molecule has 0 aliphatic carbocycles. The lowest BCUT2D eigenvalue weighted by atomic mass is 9.89. The highest BCUT2D eigenvalue weighted by molar-refractivity contribution is 5.71. The number of ether oxygens (including phenoxy) is 1. The molecule has 2 atom stereocenters. The van der Waals surface area contributed by atoms with Gasteiger partial charge in [0.05, 0.1) is 12.7 Å². The van der Waals surface area contributed by atoms with Crippen LogP contribution in [0.3, 0.4) is 0 Å². The molecule has 1 aliphatic heterocycles. The van der Waals surface area contributed by atoms with Gasteiger partial charge in [0, 0.05) is 17.0 Å². The fraction of sp³-hybridized carbons (Fsp3) is 0.429. The lowest BCUT2D eigenvalue weighted by Gasteiger charge is -2.29. The molecular weight excluding hydrogens is 493 g/mol. The summed E-state index contributed by atoms with van der Waals surface area (Å²) in [7, 11) is 0. The van der Waals surface area contributed by atoms with Crippen molar-refractivity contribution in [1.29, 1.82) is 0 Å². The highest BCUT2D eigenvalue weighted by Gasteiger charge is 2.23. The monoisotopic (exact) mass is 534 g/mol. The van der Waals surface area contributed by atoms with Crippen LogP contribution in [0.15, 0.2) is 67.3 Å². The van der Waals surface area contributed by atoms with Crippen molar-refractivity contribution in [3.8, 4) is 22.3 Å². The Morgan fingerprint density at radius 3 is 2.23 bits per heavy atom. The van der Waals surface area contributed by atoms with E-state index in [0.717, 1.165) is 44.1 Å². The van der Waals surface area contributed by atoms with Gasteiger partial charge in [-0.05, 0) is 73.3 Å². The Morgan fingerprint density at radius 1 is 0.821 bits per heavy atom. The van der Waals surface area contributed by atoms with Crippen LogP contribution in [0.2, 0.25) is 0 Å². The van der Waals surface area contributed by atoms with Crippen LogP contribution in [0.5, 0.6) is 0 Å². The van der Waals surface area contributed by atoms with Crippen molar-refractivity contribution < 1.29 is 17.9 Å². The van der Waals surface area contributed by atoms with Crippen LogP contribution in [0.25, 0.3) is 22.3 Å². The van der Waals surface area contributed by atoms with Gasteiger partial charge >= 0.3 is 0 Å². The molecule has 0 aromatic heterocycles. The minimum atomic E-state index is -0.836. The summed E-state index contributed by atoms with van der Waals surface area (Å²) < 4.78 is 50.9. The summed E-state index contributed by atoms with van der Waals surface area (Å²) in [6.07, 6.45) is 13.4. The summed E-state index contributed by atoms with van der Waals surface area (Å²) >= 11 is 0. The van der Waals surface area contributed by atoms with Gasteiger partial charge < -0.3 is 4.74 Å². The Labute approximate surface area is 232 Å². The lowest BCUT2D eigenvalue weighted by Crippen LogP contribution is -2.24. The summed E-state index contributed by atoms with van der Waals surface area (Å²) in [5.41, 5.74) is 3.34. The van der Waals surface area contributed by atoms with Crippen LogP contribution in [0, 0.1) is 17.5 Å². The third-order valence-corrected chi connectivity index (χ3v) is 7.99. The van der Waals surface area contributed by atoms with E-state index in [9.17, 15) is 8.78 Å². The molecule has 1 fully saturated rings. The van der Waals surface area contributed by atoms with E-state index in [1.807, 2.05) is 18.2 Å². The molecule has 1 nitrogen and oxygen atoms in total. The fourth-order valence-electron chi connectivity index (χ4n) is 5.55. The zero-order valence-corrected chi connectivity index (χ0v) is 23.2. The average molecular weight is 535 g/mol. The second-order valence-corrected chi connectivity index (χ2v) is 10.8. The van der Waals surface area contributed by atoms with Crippen LogP contribution in [-0.2, 0) is 11.2 Å². The zero-order chi connectivity index (χ0) is 27.6. The highest BCUT2D eigenvalue weighted by Crippen LogP contribution is 2.34. The van der Waals surface area contributed by atoms with Crippen molar-refractivity contribution in [1.82, 2.24) is 0 Å². The minimum absolute atomic E-state index is 0.214. The number of unbranched alkanes of at least 4 members (excludes halogenated alkanes) is 5. The predicted molar refractivity (Wildman–Crippen MR) is 155 cm³/mol. The lowest BCUT2D eigenvalue weighted by molar-refractivity contribution is -0.00216. The number of hydrogen-bond acceptors (Lipinski definition) is 1. The van der Waals surface area contributed by atoms with Gasteiger partial charge in [0.1, 0.15) is 5.82 Å². The van der Waals surface area contributed by atoms with E-state index in [1.165, 1.54) is 25.7 Å². The molecule has 0 radical (unpaired) electrons. The van der Waals surface area contributed by atoms with Crippen molar-refractivity contribution in [2.24, 2.45) is 0 Å². The third kappa shape index (κ3) is 7.63. The largest absolute Gasteiger partial charge is 0.378 e. The third-order valence-electron chi connectivity index (χ3n) is 7.99. The maximum absolute atomic E-state index is 15.2. The first-order valence-electron chi connectivity index (χ1n) is 14.6. The van der Waals surface area contributed by atoms with Crippen molar-refractivity contribution in [2.75, 3.05) is 6.61 Å². The van der Waals surface area contributed by atoms with Gasteiger partial charge in [-0.2, -0.15) is 0 Å². The standard InChI is InChI=1S/C35H41F3O/c1-3-5-7-9-11-27-18-22-32(35(38)34(27)37)26-15-13-25(14-16-26)31-21-19-28(23-33(31)36)29-17-20-30(39-24-29)12-10-8-6-4-2/h3,13-16,18-19,21-23,29-30H,1,4-12,17,20,24H2,2H3. The van der Waals surface area contributed by atoms with Crippen molar-refractivity contribution in [3.05, 3.63) is 95.8 Å². The molecule has 39 heavy (non-hydrogen) atoms. The van der Waals surface area contributed by atoms with E-state index < -0.39 is 11.6 Å². The number of halogens is 3. The Balaban J connectivity index is 1.39. The Morgan fingerprint density at radius 2 is 1.56 bits per heavy atom. The minimum Gasteiger partial charge on any atom is -0.378 e. The maximum Gasteiger partial charge on any atom is 0.166 e. The maximum atomic E-state index is 15.2. The number of benzene rings is 3. The van der Waals surface area contributed by atoms with E-state index in [-0.39, 0.29) is 17.3 Å². The molecule has 3 aromatic carbocycles. The summed E-state index contributed by atoms with van der Waals surface area (Å²) in [4.78, 5) is 0. The molecule has 4 heteroatoms. The van der Waals surface area contributed by atoms with Crippen molar-refractivity contribution >= 4 is 0 Å². The Hall–Kier alpha value is -2.85. The van der Waals surface area contributed by atoms with E-state index >= 15 is 4.39 Å². The molecule has 4 rings (SSSR count). The molecule has 208 valence electrons. The van der Waals surface area contributed by atoms with Crippen LogP contribution in [0.4, 0.5) is 13.2 Å². The van der Waals surface area contributed by atoms with E-state index in [1.54, 1.807) is 42.5 Å². The molecule has 1 saturated heterocycles. The van der Waals surface area contributed by atoms with Gasteiger partial charge in [0.25, 0.3) is 0 Å². The Kier molecular flexibility index (Phi) is 10.8. The quantitative estimate of drug-likeness (QED) is 0.157. The second kappa shape index (κ2) is 14.5. The first kappa shape index (κ1) is 29.1. The average Bonchev–Trinajstić information content (AvgIpc) is 2.96. The predicted octanol–water partition coefficient (Wildman–Crippen LogP) is 10.6.